The Labute approximate surface area is 185 Å². The number of β-amino-alcohol motifs (C(OH)–C–C–N with tert-alkyl or cyclic N) is 1. The van der Waals surface area contributed by atoms with Crippen molar-refractivity contribution in [1.29, 1.82) is 0 Å². The van der Waals surface area contributed by atoms with Gasteiger partial charge in [0.05, 0.1) is 28.5 Å². The van der Waals surface area contributed by atoms with E-state index in [0.717, 1.165) is 49.3 Å². The summed E-state index contributed by atoms with van der Waals surface area (Å²) in [4.78, 5) is 28.9. The van der Waals surface area contributed by atoms with E-state index in [0.29, 0.717) is 18.7 Å². The Balaban J connectivity index is 1.18. The molecule has 2 fully saturated rings. The molecule has 168 valence electrons. The quantitative estimate of drug-likeness (QED) is 0.684. The molecule has 2 aromatic rings. The number of rotatable bonds is 5. The minimum Gasteiger partial charge on any atom is -0.456 e. The Bertz CT molecular complexity index is 1040. The summed E-state index contributed by atoms with van der Waals surface area (Å²) in [7, 11) is 0. The molecule has 10 nitrogen and oxygen atoms in total. The van der Waals surface area contributed by atoms with Crippen molar-refractivity contribution in [3.05, 3.63) is 47.4 Å². The van der Waals surface area contributed by atoms with Crippen LogP contribution in [0, 0.1) is 5.41 Å². The number of aromatic nitrogens is 4. The van der Waals surface area contributed by atoms with Crippen molar-refractivity contribution in [2.24, 2.45) is 5.41 Å². The van der Waals surface area contributed by atoms with Crippen LogP contribution in [0.3, 0.4) is 0 Å². The molecule has 0 aliphatic carbocycles. The van der Waals surface area contributed by atoms with Gasteiger partial charge in [0, 0.05) is 13.1 Å². The summed E-state index contributed by atoms with van der Waals surface area (Å²) in [5.74, 6) is -0.216. The molecule has 1 N–H and O–H groups in total. The van der Waals surface area contributed by atoms with Crippen molar-refractivity contribution in [2.75, 3.05) is 32.8 Å². The summed E-state index contributed by atoms with van der Waals surface area (Å²) in [5, 5.41) is 21.8. The number of esters is 1. The molecule has 5 rings (SSSR count). The lowest BCUT2D eigenvalue weighted by Crippen LogP contribution is -2.45. The van der Waals surface area contributed by atoms with Crippen LogP contribution in [-0.2, 0) is 14.3 Å². The first-order valence-electron chi connectivity index (χ1n) is 10.9. The molecular weight excluding hydrogens is 412 g/mol. The lowest BCUT2D eigenvalue weighted by molar-refractivity contribution is -0.138. The van der Waals surface area contributed by atoms with Gasteiger partial charge in [-0.05, 0) is 67.4 Å². The fourth-order valence-electron chi connectivity index (χ4n) is 4.93. The molecule has 0 saturated carbocycles. The van der Waals surface area contributed by atoms with Gasteiger partial charge in [-0.2, -0.15) is 0 Å². The maximum atomic E-state index is 13.2. The van der Waals surface area contributed by atoms with Crippen LogP contribution in [0.1, 0.15) is 37.9 Å². The highest BCUT2D eigenvalue weighted by Crippen LogP contribution is 2.43. The third-order valence-electron chi connectivity index (χ3n) is 7.05. The van der Waals surface area contributed by atoms with Crippen molar-refractivity contribution < 1.29 is 19.4 Å². The molecule has 1 amide bonds. The van der Waals surface area contributed by atoms with Gasteiger partial charge in [-0.15, -0.1) is 5.10 Å². The van der Waals surface area contributed by atoms with E-state index < -0.39 is 6.10 Å². The number of piperidine rings is 1. The van der Waals surface area contributed by atoms with Crippen LogP contribution >= 0.6 is 0 Å². The van der Waals surface area contributed by atoms with Crippen molar-refractivity contribution in [3.8, 4) is 5.69 Å². The number of aliphatic hydroxyl groups is 1. The number of nitrogens with zero attached hydrogens (tertiary/aromatic N) is 6. The van der Waals surface area contributed by atoms with E-state index in [-0.39, 0.29) is 23.9 Å². The lowest BCUT2D eigenvalue weighted by Gasteiger charge is -2.38. The molecule has 32 heavy (non-hydrogen) atoms. The minimum absolute atomic E-state index is 0.114. The van der Waals surface area contributed by atoms with E-state index >= 15 is 0 Å². The number of amides is 1. The molecule has 1 aromatic heterocycles. The van der Waals surface area contributed by atoms with E-state index in [9.17, 15) is 14.7 Å². The van der Waals surface area contributed by atoms with Crippen LogP contribution < -0.4 is 0 Å². The van der Waals surface area contributed by atoms with E-state index in [1.165, 1.54) is 6.33 Å². The van der Waals surface area contributed by atoms with E-state index in [1.807, 2.05) is 24.3 Å². The normalized spacial score (nSPS) is 22.1. The monoisotopic (exact) mass is 438 g/mol. The molecular formula is C22H26N6O4. The zero-order valence-electron chi connectivity index (χ0n) is 18.0. The maximum Gasteiger partial charge on any atom is 0.336 e. The molecule has 1 unspecified atom stereocenters. The molecule has 2 saturated heterocycles. The summed E-state index contributed by atoms with van der Waals surface area (Å²) >= 11 is 0. The van der Waals surface area contributed by atoms with Gasteiger partial charge in [0.25, 0.3) is 0 Å². The second-order valence-electron chi connectivity index (χ2n) is 8.80. The summed E-state index contributed by atoms with van der Waals surface area (Å²) in [6, 6.07) is 7.51. The SMILES string of the molecule is CC1=C(N2CCC3(CCN(CC(O)c4ccc(-n5cnnn5)cc4)CC3)C2=O)COC1=O. The molecule has 1 spiro atoms. The number of likely N-dealkylation sites (tertiary alicyclic amines) is 2. The van der Waals surface area contributed by atoms with Gasteiger partial charge >= 0.3 is 5.97 Å². The Morgan fingerprint density at radius 3 is 2.47 bits per heavy atom. The highest BCUT2D eigenvalue weighted by molar-refractivity contribution is 5.94. The zero-order valence-corrected chi connectivity index (χ0v) is 18.0. The third-order valence-corrected chi connectivity index (χ3v) is 7.05. The van der Waals surface area contributed by atoms with E-state index in [2.05, 4.69) is 20.4 Å². The second-order valence-corrected chi connectivity index (χ2v) is 8.80. The van der Waals surface area contributed by atoms with Gasteiger partial charge in [0.2, 0.25) is 5.91 Å². The molecule has 4 heterocycles. The number of ether oxygens (including phenoxy) is 1. The Morgan fingerprint density at radius 2 is 1.84 bits per heavy atom. The van der Waals surface area contributed by atoms with Crippen molar-refractivity contribution in [1.82, 2.24) is 30.0 Å². The summed E-state index contributed by atoms with van der Waals surface area (Å²) in [6.07, 6.45) is 3.22. The van der Waals surface area contributed by atoms with Crippen molar-refractivity contribution in [3.63, 3.8) is 0 Å². The Morgan fingerprint density at radius 1 is 1.12 bits per heavy atom. The number of hydrogen-bond donors (Lipinski definition) is 1. The number of carbonyl (C=O) groups is 2. The first-order valence-corrected chi connectivity index (χ1v) is 10.9. The Kier molecular flexibility index (Phi) is 5.26. The predicted octanol–water partition coefficient (Wildman–Crippen LogP) is 0.841. The average Bonchev–Trinajstić information content (AvgIpc) is 3.53. The number of tetrazole rings is 1. The van der Waals surface area contributed by atoms with Gasteiger partial charge in [0.15, 0.2) is 0 Å². The smallest absolute Gasteiger partial charge is 0.336 e. The number of hydrogen-bond acceptors (Lipinski definition) is 8. The molecule has 3 aliphatic rings. The van der Waals surface area contributed by atoms with Crippen LogP contribution in [0.5, 0.6) is 0 Å². The van der Waals surface area contributed by atoms with Crippen LogP contribution in [0.4, 0.5) is 0 Å². The third kappa shape index (κ3) is 3.59. The minimum atomic E-state index is -0.614. The van der Waals surface area contributed by atoms with Crippen LogP contribution in [0.25, 0.3) is 5.69 Å². The standard InChI is InChI=1S/C22H26N6O4/c1-15-18(13-32-20(15)30)27-11-8-22(21(27)31)6-9-26(10-7-22)12-19(29)16-2-4-17(5-3-16)28-14-23-24-25-28/h2-5,14,19,29H,6-13H2,1H3. The second kappa shape index (κ2) is 8.10. The molecule has 1 aromatic carbocycles. The largest absolute Gasteiger partial charge is 0.456 e. The first-order chi connectivity index (χ1) is 15.5. The highest BCUT2D eigenvalue weighted by atomic mass is 16.5. The van der Waals surface area contributed by atoms with E-state index in [4.69, 9.17) is 4.74 Å². The molecule has 1 atom stereocenters. The number of cyclic esters (lactones) is 1. The zero-order chi connectivity index (χ0) is 22.3. The van der Waals surface area contributed by atoms with Gasteiger partial charge in [-0.1, -0.05) is 12.1 Å². The van der Waals surface area contributed by atoms with Crippen molar-refractivity contribution in [2.45, 2.75) is 32.3 Å². The molecule has 10 heteroatoms. The van der Waals surface area contributed by atoms with Crippen LogP contribution in [0.15, 0.2) is 41.9 Å². The van der Waals surface area contributed by atoms with Gasteiger partial charge in [-0.25, -0.2) is 9.48 Å². The number of benzene rings is 1. The van der Waals surface area contributed by atoms with Crippen molar-refractivity contribution >= 4 is 11.9 Å². The highest BCUT2D eigenvalue weighted by Gasteiger charge is 2.50. The van der Waals surface area contributed by atoms with Gasteiger partial charge in [-0.3, -0.25) is 4.79 Å². The van der Waals surface area contributed by atoms with Crippen LogP contribution in [-0.4, -0.2) is 79.8 Å². The average molecular weight is 438 g/mol. The summed E-state index contributed by atoms with van der Waals surface area (Å²) < 4.78 is 6.65. The fraction of sp³-hybridized carbons (Fsp3) is 0.500. The maximum absolute atomic E-state index is 13.2. The lowest BCUT2D eigenvalue weighted by atomic mass is 9.77. The summed E-state index contributed by atoms with van der Waals surface area (Å²) in [5.41, 5.74) is 2.56. The van der Waals surface area contributed by atoms with Gasteiger partial charge < -0.3 is 19.6 Å². The first kappa shape index (κ1) is 20.8. The molecule has 0 radical (unpaired) electrons. The molecule has 3 aliphatic heterocycles. The predicted molar refractivity (Wildman–Crippen MR) is 112 cm³/mol. The number of aliphatic hydroxyl groups excluding tert-OH is 1. The Hall–Kier alpha value is -3.11. The summed E-state index contributed by atoms with van der Waals surface area (Å²) in [6.45, 7) is 4.59. The number of carbonyl (C=O) groups excluding carboxylic acids is 2. The topological polar surface area (TPSA) is 114 Å². The molecule has 0 bridgehead atoms. The van der Waals surface area contributed by atoms with Gasteiger partial charge in [0.1, 0.15) is 12.9 Å². The van der Waals surface area contributed by atoms with E-state index in [1.54, 1.807) is 16.5 Å². The van der Waals surface area contributed by atoms with Crippen LogP contribution in [0.2, 0.25) is 0 Å². The fourth-order valence-corrected chi connectivity index (χ4v) is 4.93.